The maximum atomic E-state index is 11.4. The first kappa shape index (κ1) is 10.5. The average Bonchev–Trinajstić information content (AvgIpc) is 2.38. The molecule has 5 heteroatoms. The number of benzene rings is 1. The normalized spacial score (nSPS) is 15.0. The highest BCUT2D eigenvalue weighted by atomic mass is 16.4. The summed E-state index contributed by atoms with van der Waals surface area (Å²) in [5.41, 5.74) is 1.43. The second-order valence-corrected chi connectivity index (χ2v) is 3.63. The highest BCUT2D eigenvalue weighted by Gasteiger charge is 2.19. The van der Waals surface area contributed by atoms with Crippen molar-refractivity contribution in [1.29, 1.82) is 0 Å². The highest BCUT2D eigenvalue weighted by Crippen LogP contribution is 2.27. The van der Waals surface area contributed by atoms with Gasteiger partial charge in [-0.25, -0.2) is 0 Å². The van der Waals surface area contributed by atoms with Gasteiger partial charge >= 0.3 is 5.97 Å². The van der Waals surface area contributed by atoms with E-state index >= 15 is 0 Å². The van der Waals surface area contributed by atoms with Gasteiger partial charge in [0, 0.05) is 13.0 Å². The number of carbonyl (C=O) groups excluding carboxylic acids is 1. The van der Waals surface area contributed by atoms with Gasteiger partial charge in [0.25, 0.3) is 0 Å². The van der Waals surface area contributed by atoms with Gasteiger partial charge in [-0.3, -0.25) is 9.59 Å². The first-order valence-corrected chi connectivity index (χ1v) is 5.02. The van der Waals surface area contributed by atoms with Gasteiger partial charge in [0.2, 0.25) is 5.91 Å². The van der Waals surface area contributed by atoms with Gasteiger partial charge in [-0.1, -0.05) is 12.1 Å². The molecular weight excluding hydrogens is 208 g/mol. The van der Waals surface area contributed by atoms with Crippen molar-refractivity contribution in [2.45, 2.75) is 6.42 Å². The fraction of sp³-hybridized carbons (Fsp3) is 0.273. The summed E-state index contributed by atoms with van der Waals surface area (Å²) in [6.07, 6.45) is 0.307. The van der Waals surface area contributed by atoms with Crippen LogP contribution in [0.2, 0.25) is 0 Å². The Morgan fingerprint density at radius 2 is 2.19 bits per heavy atom. The maximum absolute atomic E-state index is 11.4. The van der Waals surface area contributed by atoms with Gasteiger partial charge in [0.15, 0.2) is 0 Å². The Morgan fingerprint density at radius 1 is 1.44 bits per heavy atom. The molecule has 0 aromatic heterocycles. The van der Waals surface area contributed by atoms with E-state index in [1.807, 2.05) is 18.2 Å². The Balaban J connectivity index is 2.34. The van der Waals surface area contributed by atoms with E-state index in [9.17, 15) is 9.59 Å². The zero-order chi connectivity index (χ0) is 11.5. The number of fused-ring (bicyclic) bond motifs is 1. The second-order valence-electron chi connectivity index (χ2n) is 3.63. The second kappa shape index (κ2) is 4.22. The molecule has 2 N–H and O–H groups in total. The Morgan fingerprint density at radius 3 is 2.94 bits per heavy atom. The molecule has 1 aliphatic heterocycles. The summed E-state index contributed by atoms with van der Waals surface area (Å²) in [7, 11) is 0. The van der Waals surface area contributed by atoms with Crippen LogP contribution < -0.4 is 10.2 Å². The van der Waals surface area contributed by atoms with Crippen molar-refractivity contribution in [3.8, 4) is 0 Å². The van der Waals surface area contributed by atoms with E-state index < -0.39 is 5.97 Å². The molecule has 0 saturated heterocycles. The predicted octanol–water partition coefficient (Wildman–Crippen LogP) is 0.920. The number of nitrogens with one attached hydrogen (secondary N) is 1. The molecule has 0 atom stereocenters. The zero-order valence-corrected chi connectivity index (χ0v) is 8.64. The monoisotopic (exact) mass is 220 g/mol. The molecule has 2 rings (SSSR count). The van der Waals surface area contributed by atoms with E-state index in [0.29, 0.717) is 18.7 Å². The molecule has 0 aliphatic carbocycles. The molecule has 84 valence electrons. The minimum absolute atomic E-state index is 0.0830. The molecule has 0 radical (unpaired) electrons. The van der Waals surface area contributed by atoms with Crippen LogP contribution in [0.3, 0.4) is 0 Å². The summed E-state index contributed by atoms with van der Waals surface area (Å²) in [6.45, 7) is 0.334. The number of hydrogen-bond acceptors (Lipinski definition) is 3. The summed E-state index contributed by atoms with van der Waals surface area (Å²) in [5, 5.41) is 11.6. The van der Waals surface area contributed by atoms with Crippen molar-refractivity contribution >= 4 is 23.3 Å². The minimum Gasteiger partial charge on any atom is -0.480 e. The van der Waals surface area contributed by atoms with Crippen molar-refractivity contribution < 1.29 is 14.7 Å². The molecule has 5 nitrogen and oxygen atoms in total. The number of para-hydroxylation sites is 2. The number of rotatable bonds is 2. The molecule has 16 heavy (non-hydrogen) atoms. The summed E-state index contributed by atoms with van der Waals surface area (Å²) in [4.78, 5) is 23.8. The maximum Gasteiger partial charge on any atom is 0.323 e. The smallest absolute Gasteiger partial charge is 0.323 e. The van der Waals surface area contributed by atoms with Crippen LogP contribution >= 0.6 is 0 Å². The van der Waals surface area contributed by atoms with Crippen molar-refractivity contribution in [2.24, 2.45) is 0 Å². The number of carboxylic acid groups (broad SMARTS) is 1. The number of amides is 1. The van der Waals surface area contributed by atoms with E-state index in [-0.39, 0.29) is 12.5 Å². The van der Waals surface area contributed by atoms with E-state index in [1.54, 1.807) is 11.0 Å². The Labute approximate surface area is 92.7 Å². The van der Waals surface area contributed by atoms with E-state index in [0.717, 1.165) is 5.69 Å². The Bertz CT molecular complexity index is 431. The molecular formula is C11H12N2O3. The zero-order valence-electron chi connectivity index (χ0n) is 8.64. The topological polar surface area (TPSA) is 69.6 Å². The van der Waals surface area contributed by atoms with E-state index in [4.69, 9.17) is 5.11 Å². The number of anilines is 2. The lowest BCUT2D eigenvalue weighted by atomic mass is 10.2. The third kappa shape index (κ3) is 2.13. The lowest BCUT2D eigenvalue weighted by molar-refractivity contribution is -0.135. The third-order valence-electron chi connectivity index (χ3n) is 2.45. The van der Waals surface area contributed by atoms with Crippen LogP contribution in [-0.2, 0) is 9.59 Å². The van der Waals surface area contributed by atoms with Crippen LogP contribution in [0.4, 0.5) is 11.4 Å². The predicted molar refractivity (Wildman–Crippen MR) is 59.5 cm³/mol. The van der Waals surface area contributed by atoms with Crippen LogP contribution in [0.1, 0.15) is 6.42 Å². The van der Waals surface area contributed by atoms with Crippen LogP contribution in [-0.4, -0.2) is 30.1 Å². The van der Waals surface area contributed by atoms with Gasteiger partial charge in [-0.2, -0.15) is 0 Å². The third-order valence-corrected chi connectivity index (χ3v) is 2.45. The van der Waals surface area contributed by atoms with Crippen molar-refractivity contribution in [3.05, 3.63) is 24.3 Å². The Hall–Kier alpha value is -2.04. The average molecular weight is 220 g/mol. The fourth-order valence-corrected chi connectivity index (χ4v) is 1.75. The lowest BCUT2D eigenvalue weighted by Gasteiger charge is -2.21. The molecule has 0 fully saturated rings. The quantitative estimate of drug-likeness (QED) is 0.777. The molecule has 1 aromatic carbocycles. The number of carbonyl (C=O) groups is 2. The fourth-order valence-electron chi connectivity index (χ4n) is 1.75. The van der Waals surface area contributed by atoms with Crippen molar-refractivity contribution in [3.63, 3.8) is 0 Å². The van der Waals surface area contributed by atoms with E-state index in [2.05, 4.69) is 5.32 Å². The SMILES string of the molecule is O=C(O)CN1CCC(=O)Nc2ccccc21. The molecule has 0 spiro atoms. The number of nitrogens with zero attached hydrogens (tertiary/aromatic N) is 1. The number of aliphatic carboxylic acids is 1. The van der Waals surface area contributed by atoms with Gasteiger partial charge < -0.3 is 15.3 Å². The number of hydrogen-bond donors (Lipinski definition) is 2. The highest BCUT2D eigenvalue weighted by molar-refractivity contribution is 5.96. The summed E-state index contributed by atoms with van der Waals surface area (Å²) in [6, 6.07) is 7.21. The standard InChI is InChI=1S/C11H12N2O3/c14-10-5-6-13(7-11(15)16)9-4-2-1-3-8(9)12-10/h1-4H,5-7H2,(H,12,14)(H,15,16). The van der Waals surface area contributed by atoms with Gasteiger partial charge in [-0.05, 0) is 12.1 Å². The number of carboxylic acids is 1. The summed E-state index contributed by atoms with van der Waals surface area (Å²) in [5.74, 6) is -0.982. The molecule has 1 aromatic rings. The Kier molecular flexibility index (Phi) is 2.76. The van der Waals surface area contributed by atoms with Gasteiger partial charge in [0.1, 0.15) is 6.54 Å². The van der Waals surface area contributed by atoms with Gasteiger partial charge in [0.05, 0.1) is 11.4 Å². The first-order valence-electron chi connectivity index (χ1n) is 5.02. The largest absolute Gasteiger partial charge is 0.480 e. The van der Waals surface area contributed by atoms with Crippen LogP contribution in [0.15, 0.2) is 24.3 Å². The van der Waals surface area contributed by atoms with E-state index in [1.165, 1.54) is 0 Å². The molecule has 0 bridgehead atoms. The van der Waals surface area contributed by atoms with Gasteiger partial charge in [-0.15, -0.1) is 0 Å². The van der Waals surface area contributed by atoms with Crippen molar-refractivity contribution in [1.82, 2.24) is 0 Å². The van der Waals surface area contributed by atoms with Crippen LogP contribution in [0.5, 0.6) is 0 Å². The molecule has 1 amide bonds. The van der Waals surface area contributed by atoms with Crippen molar-refractivity contribution in [2.75, 3.05) is 23.3 Å². The minimum atomic E-state index is -0.899. The summed E-state index contributed by atoms with van der Waals surface area (Å²) < 4.78 is 0. The molecule has 1 aliphatic rings. The lowest BCUT2D eigenvalue weighted by Crippen LogP contribution is -2.30. The molecule has 0 unspecified atom stereocenters. The molecule has 0 saturated carbocycles. The molecule has 1 heterocycles. The van der Waals surface area contributed by atoms with Crippen LogP contribution in [0.25, 0.3) is 0 Å². The first-order chi connectivity index (χ1) is 7.66. The van der Waals surface area contributed by atoms with Crippen LogP contribution in [0, 0.1) is 0 Å². The summed E-state index contributed by atoms with van der Waals surface area (Å²) >= 11 is 0.